The average Bonchev–Trinajstić information content (AvgIpc) is 2.69. The van der Waals surface area contributed by atoms with Crippen LogP contribution in [0.3, 0.4) is 0 Å². The zero-order chi connectivity index (χ0) is 20.1. The summed E-state index contributed by atoms with van der Waals surface area (Å²) in [7, 11) is 1.55. The Morgan fingerprint density at radius 3 is 2.64 bits per heavy atom. The van der Waals surface area contributed by atoms with Crippen molar-refractivity contribution in [2.45, 2.75) is 20.0 Å². The van der Waals surface area contributed by atoms with Crippen LogP contribution in [0.1, 0.15) is 29.9 Å². The fraction of sp³-hybridized carbons (Fsp3) is 0.200. The highest BCUT2D eigenvalue weighted by Crippen LogP contribution is 2.30. The monoisotopic (exact) mass is 380 g/mol. The third-order valence-corrected chi connectivity index (χ3v) is 3.86. The van der Waals surface area contributed by atoms with Gasteiger partial charge in [0.05, 0.1) is 24.8 Å². The number of carbonyl (C=O) groups excluding carboxylic acids is 1. The number of benzene rings is 2. The molecule has 0 aliphatic heterocycles. The first-order valence-corrected chi connectivity index (χ1v) is 8.65. The van der Waals surface area contributed by atoms with Gasteiger partial charge in [-0.15, -0.1) is 0 Å². The second-order valence-corrected chi connectivity index (χ2v) is 6.19. The number of methoxy groups -OCH3 is 1. The summed E-state index contributed by atoms with van der Waals surface area (Å²) in [6.45, 7) is 3.81. The van der Waals surface area contributed by atoms with Crippen LogP contribution in [0.15, 0.2) is 52.4 Å². The Labute approximate surface area is 161 Å². The maximum absolute atomic E-state index is 12.5. The molecule has 0 atom stereocenters. The minimum atomic E-state index is -0.544. The second-order valence-electron chi connectivity index (χ2n) is 6.19. The van der Waals surface area contributed by atoms with Crippen molar-refractivity contribution >= 4 is 22.9 Å². The molecule has 3 aromatic rings. The molecule has 0 radical (unpaired) electrons. The van der Waals surface area contributed by atoms with Gasteiger partial charge in [0.15, 0.2) is 17.2 Å². The average molecular weight is 380 g/mol. The minimum absolute atomic E-state index is 0.0604. The van der Waals surface area contributed by atoms with E-state index < -0.39 is 5.91 Å². The Kier molecular flexibility index (Phi) is 5.69. The predicted molar refractivity (Wildman–Crippen MR) is 106 cm³/mol. The molecule has 0 aliphatic carbocycles. The number of nitrogens with zero attached hydrogens (tertiary/aromatic N) is 2. The van der Waals surface area contributed by atoms with E-state index in [4.69, 9.17) is 9.47 Å². The molecule has 8 nitrogen and oxygen atoms in total. The highest BCUT2D eigenvalue weighted by atomic mass is 16.5. The summed E-state index contributed by atoms with van der Waals surface area (Å²) in [5, 5.41) is 11.0. The van der Waals surface area contributed by atoms with Gasteiger partial charge < -0.3 is 9.47 Å². The van der Waals surface area contributed by atoms with Gasteiger partial charge in [0.1, 0.15) is 0 Å². The molecule has 0 spiro atoms. The summed E-state index contributed by atoms with van der Waals surface area (Å²) in [4.78, 5) is 24.3. The lowest BCUT2D eigenvalue weighted by atomic mass is 10.1. The molecule has 2 aromatic carbocycles. The van der Waals surface area contributed by atoms with Crippen molar-refractivity contribution in [3.05, 3.63) is 64.1 Å². The number of aromatic nitrogens is 2. The van der Waals surface area contributed by atoms with Crippen molar-refractivity contribution in [2.24, 2.45) is 5.10 Å². The quantitative estimate of drug-likeness (QED) is 0.505. The molecule has 0 aliphatic rings. The molecule has 8 heteroatoms. The van der Waals surface area contributed by atoms with Crippen molar-refractivity contribution < 1.29 is 14.3 Å². The van der Waals surface area contributed by atoms with Crippen LogP contribution >= 0.6 is 0 Å². The number of carbonyl (C=O) groups is 1. The van der Waals surface area contributed by atoms with E-state index in [-0.39, 0.29) is 17.4 Å². The van der Waals surface area contributed by atoms with Gasteiger partial charge in [0.25, 0.3) is 11.5 Å². The van der Waals surface area contributed by atoms with Crippen LogP contribution in [0, 0.1) is 0 Å². The fourth-order valence-electron chi connectivity index (χ4n) is 2.66. The van der Waals surface area contributed by atoms with Gasteiger partial charge in [-0.25, -0.2) is 10.5 Å². The molecule has 3 rings (SSSR count). The summed E-state index contributed by atoms with van der Waals surface area (Å²) in [6.07, 6.45) is 1.40. The van der Waals surface area contributed by atoms with E-state index in [1.54, 1.807) is 49.6 Å². The number of H-pyrrole nitrogens is 1. The molecule has 1 aromatic heterocycles. The molecule has 2 N–H and O–H groups in total. The van der Waals surface area contributed by atoms with Gasteiger partial charge in [0, 0.05) is 10.9 Å². The number of nitrogens with one attached hydrogen (secondary N) is 2. The molecule has 0 fully saturated rings. The van der Waals surface area contributed by atoms with Gasteiger partial charge in [-0.3, -0.25) is 9.59 Å². The van der Waals surface area contributed by atoms with E-state index in [0.29, 0.717) is 27.8 Å². The van der Waals surface area contributed by atoms with E-state index in [9.17, 15) is 9.59 Å². The van der Waals surface area contributed by atoms with Gasteiger partial charge in [-0.05, 0) is 32.0 Å². The second kappa shape index (κ2) is 8.34. The Morgan fingerprint density at radius 1 is 1.18 bits per heavy atom. The van der Waals surface area contributed by atoms with E-state index >= 15 is 0 Å². The van der Waals surface area contributed by atoms with Crippen LogP contribution in [-0.2, 0) is 0 Å². The molecule has 28 heavy (non-hydrogen) atoms. The van der Waals surface area contributed by atoms with Gasteiger partial charge in [-0.2, -0.15) is 10.2 Å². The van der Waals surface area contributed by atoms with E-state index in [0.717, 1.165) is 0 Å². The van der Waals surface area contributed by atoms with E-state index in [1.807, 2.05) is 13.8 Å². The summed E-state index contributed by atoms with van der Waals surface area (Å²) < 4.78 is 11.1. The zero-order valence-corrected chi connectivity index (χ0v) is 15.7. The predicted octanol–water partition coefficient (Wildman–Crippen LogP) is 2.48. The van der Waals surface area contributed by atoms with Crippen molar-refractivity contribution in [1.82, 2.24) is 15.6 Å². The Bertz CT molecular complexity index is 1090. The summed E-state index contributed by atoms with van der Waals surface area (Å²) in [5.41, 5.74) is 2.79. The van der Waals surface area contributed by atoms with Crippen LogP contribution in [0.25, 0.3) is 10.8 Å². The number of rotatable bonds is 6. The van der Waals surface area contributed by atoms with Crippen molar-refractivity contribution in [2.75, 3.05) is 7.11 Å². The maximum atomic E-state index is 12.5. The molecule has 0 bridgehead atoms. The summed E-state index contributed by atoms with van der Waals surface area (Å²) in [6, 6.07) is 12.1. The number of hydrazone groups is 1. The first-order chi connectivity index (χ1) is 13.5. The number of hydrogen-bond acceptors (Lipinski definition) is 6. The topological polar surface area (TPSA) is 106 Å². The number of aromatic amines is 1. The zero-order valence-electron chi connectivity index (χ0n) is 15.7. The van der Waals surface area contributed by atoms with Gasteiger partial charge in [0.2, 0.25) is 0 Å². The van der Waals surface area contributed by atoms with Crippen molar-refractivity contribution in [3.63, 3.8) is 0 Å². The lowest BCUT2D eigenvalue weighted by Crippen LogP contribution is -2.22. The molecule has 144 valence electrons. The number of para-hydroxylation sites is 1. The molecule has 0 saturated carbocycles. The van der Waals surface area contributed by atoms with E-state index in [1.165, 1.54) is 6.21 Å². The number of fused-ring (bicyclic) bond motifs is 1. The van der Waals surface area contributed by atoms with Gasteiger partial charge in [-0.1, -0.05) is 24.3 Å². The molecule has 0 saturated heterocycles. The SMILES string of the molecule is COc1cccc(/C=N\NC(=O)c2n[nH]c(=O)c3ccccc23)c1OC(C)C. The maximum Gasteiger partial charge on any atom is 0.292 e. The Morgan fingerprint density at radius 2 is 1.93 bits per heavy atom. The Balaban J connectivity index is 1.85. The number of amides is 1. The lowest BCUT2D eigenvalue weighted by molar-refractivity contribution is 0.0951. The summed E-state index contributed by atoms with van der Waals surface area (Å²) >= 11 is 0. The minimum Gasteiger partial charge on any atom is -0.493 e. The smallest absolute Gasteiger partial charge is 0.292 e. The van der Waals surface area contributed by atoms with Crippen LogP contribution in [-0.4, -0.2) is 35.5 Å². The first kappa shape index (κ1) is 19.1. The van der Waals surface area contributed by atoms with Crippen LogP contribution in [0.5, 0.6) is 11.5 Å². The first-order valence-electron chi connectivity index (χ1n) is 8.65. The number of ether oxygens (including phenoxy) is 2. The fourth-order valence-corrected chi connectivity index (χ4v) is 2.66. The molecule has 1 amide bonds. The normalized spacial score (nSPS) is 11.1. The lowest BCUT2D eigenvalue weighted by Gasteiger charge is -2.15. The van der Waals surface area contributed by atoms with Crippen molar-refractivity contribution in [3.8, 4) is 11.5 Å². The van der Waals surface area contributed by atoms with E-state index in [2.05, 4.69) is 20.7 Å². The van der Waals surface area contributed by atoms with Crippen LogP contribution in [0.4, 0.5) is 0 Å². The van der Waals surface area contributed by atoms with Crippen LogP contribution in [0.2, 0.25) is 0 Å². The molecular formula is C20H20N4O4. The largest absolute Gasteiger partial charge is 0.493 e. The molecule has 1 heterocycles. The highest BCUT2D eigenvalue weighted by Gasteiger charge is 2.14. The summed E-state index contributed by atoms with van der Waals surface area (Å²) in [5.74, 6) is 0.556. The van der Waals surface area contributed by atoms with Crippen molar-refractivity contribution in [1.29, 1.82) is 0 Å². The number of hydrogen-bond donors (Lipinski definition) is 2. The van der Waals surface area contributed by atoms with Gasteiger partial charge >= 0.3 is 0 Å². The third-order valence-electron chi connectivity index (χ3n) is 3.86. The standard InChI is InChI=1S/C20H20N4O4/c1-12(2)28-18-13(7-6-10-16(18)27-3)11-21-23-20(26)17-14-8-4-5-9-15(14)19(25)24-22-17/h4-12H,1-3H3,(H,23,26)(H,24,25)/b21-11-. The molecule has 0 unspecified atom stereocenters. The molecular weight excluding hydrogens is 360 g/mol. The van der Waals surface area contributed by atoms with Crippen LogP contribution < -0.4 is 20.5 Å². The highest BCUT2D eigenvalue weighted by molar-refractivity contribution is 6.04. The Hall–Kier alpha value is -3.68. The third kappa shape index (κ3) is 4.01.